The lowest BCUT2D eigenvalue weighted by molar-refractivity contribution is 0.548. The fourth-order valence-electron chi connectivity index (χ4n) is 2.14. The fraction of sp³-hybridized carbons (Fsp3) is 0.438. The highest BCUT2D eigenvalue weighted by atomic mass is 14.9. The maximum Gasteiger partial charge on any atom is 0.0705 e. The molecule has 1 aromatic carbocycles. The summed E-state index contributed by atoms with van der Waals surface area (Å²) in [6, 6.07) is 11.0. The number of para-hydroxylation sites is 1. The monoisotopic (exact) mass is 257 g/mol. The van der Waals surface area contributed by atoms with Crippen LogP contribution < -0.4 is 10.6 Å². The minimum atomic E-state index is 0.573. The molecule has 0 bridgehead atoms. The van der Waals surface area contributed by atoms with Crippen molar-refractivity contribution >= 4 is 10.9 Å². The normalized spacial score (nSPS) is 11.3. The second-order valence-corrected chi connectivity index (χ2v) is 5.13. The Balaban J connectivity index is 1.82. The van der Waals surface area contributed by atoms with Gasteiger partial charge < -0.3 is 10.6 Å². The summed E-state index contributed by atoms with van der Waals surface area (Å²) in [5, 5.41) is 8.17. The minimum Gasteiger partial charge on any atom is -0.314 e. The Labute approximate surface area is 115 Å². The zero-order valence-corrected chi connectivity index (χ0v) is 11.8. The van der Waals surface area contributed by atoms with Crippen molar-refractivity contribution in [3.63, 3.8) is 0 Å². The van der Waals surface area contributed by atoms with Gasteiger partial charge in [-0.15, -0.1) is 0 Å². The van der Waals surface area contributed by atoms with Crippen molar-refractivity contribution in [3.05, 3.63) is 42.1 Å². The van der Waals surface area contributed by atoms with E-state index in [1.165, 1.54) is 10.9 Å². The molecular weight excluding hydrogens is 234 g/mol. The fourth-order valence-corrected chi connectivity index (χ4v) is 2.14. The van der Waals surface area contributed by atoms with E-state index in [2.05, 4.69) is 53.7 Å². The van der Waals surface area contributed by atoms with Gasteiger partial charge >= 0.3 is 0 Å². The average molecular weight is 257 g/mol. The molecule has 0 unspecified atom stereocenters. The van der Waals surface area contributed by atoms with Crippen molar-refractivity contribution in [1.29, 1.82) is 0 Å². The molecule has 3 nitrogen and oxygen atoms in total. The van der Waals surface area contributed by atoms with Gasteiger partial charge in [-0.25, -0.2) is 0 Å². The summed E-state index contributed by atoms with van der Waals surface area (Å²) < 4.78 is 0. The van der Waals surface area contributed by atoms with Gasteiger partial charge in [0.1, 0.15) is 0 Å². The first kappa shape index (κ1) is 14.0. The number of benzene rings is 1. The van der Waals surface area contributed by atoms with E-state index in [0.717, 1.165) is 31.6 Å². The van der Waals surface area contributed by atoms with E-state index in [9.17, 15) is 0 Å². The van der Waals surface area contributed by atoms with E-state index in [0.29, 0.717) is 6.04 Å². The lowest BCUT2D eigenvalue weighted by Crippen LogP contribution is -2.26. The van der Waals surface area contributed by atoms with Gasteiger partial charge in [0.05, 0.1) is 5.52 Å². The van der Waals surface area contributed by atoms with Crippen molar-refractivity contribution in [3.8, 4) is 0 Å². The van der Waals surface area contributed by atoms with E-state index in [4.69, 9.17) is 0 Å². The zero-order valence-electron chi connectivity index (χ0n) is 11.8. The third-order valence-electron chi connectivity index (χ3n) is 3.14. The van der Waals surface area contributed by atoms with Gasteiger partial charge in [-0.3, -0.25) is 4.98 Å². The Hall–Kier alpha value is -1.45. The van der Waals surface area contributed by atoms with Crippen LogP contribution in [0.3, 0.4) is 0 Å². The molecule has 0 atom stereocenters. The van der Waals surface area contributed by atoms with Crippen molar-refractivity contribution < 1.29 is 0 Å². The Bertz CT molecular complexity index is 503. The van der Waals surface area contributed by atoms with E-state index < -0.39 is 0 Å². The summed E-state index contributed by atoms with van der Waals surface area (Å²) in [6.45, 7) is 7.37. The molecule has 0 aliphatic rings. The number of hydrogen-bond donors (Lipinski definition) is 2. The minimum absolute atomic E-state index is 0.573. The van der Waals surface area contributed by atoms with Crippen LogP contribution in [-0.4, -0.2) is 24.1 Å². The summed E-state index contributed by atoms with van der Waals surface area (Å²) in [5.74, 6) is 0. The summed E-state index contributed by atoms with van der Waals surface area (Å²) in [6.07, 6.45) is 3.04. The first-order valence-corrected chi connectivity index (χ1v) is 7.04. The molecule has 2 N–H and O–H groups in total. The third kappa shape index (κ3) is 4.30. The van der Waals surface area contributed by atoms with E-state index >= 15 is 0 Å². The lowest BCUT2D eigenvalue weighted by Gasteiger charge is -2.09. The van der Waals surface area contributed by atoms with Crippen molar-refractivity contribution in [2.75, 3.05) is 13.1 Å². The molecule has 0 fully saturated rings. The molecule has 1 heterocycles. The maximum absolute atomic E-state index is 4.38. The molecule has 3 heteroatoms. The van der Waals surface area contributed by atoms with Gasteiger partial charge in [0, 0.05) is 24.2 Å². The van der Waals surface area contributed by atoms with Crippen LogP contribution in [0.4, 0.5) is 0 Å². The van der Waals surface area contributed by atoms with E-state index in [1.54, 1.807) is 0 Å². The summed E-state index contributed by atoms with van der Waals surface area (Å²) >= 11 is 0. The quantitative estimate of drug-likeness (QED) is 0.749. The largest absolute Gasteiger partial charge is 0.314 e. The molecule has 19 heavy (non-hydrogen) atoms. The highest BCUT2D eigenvalue weighted by molar-refractivity contribution is 5.81. The predicted molar refractivity (Wildman–Crippen MR) is 81.2 cm³/mol. The Morgan fingerprint density at radius 1 is 1.11 bits per heavy atom. The van der Waals surface area contributed by atoms with Crippen molar-refractivity contribution in [2.24, 2.45) is 0 Å². The van der Waals surface area contributed by atoms with Crippen LogP contribution in [-0.2, 0) is 6.54 Å². The van der Waals surface area contributed by atoms with Gasteiger partial charge in [-0.1, -0.05) is 32.0 Å². The van der Waals surface area contributed by atoms with E-state index in [-0.39, 0.29) is 0 Å². The van der Waals surface area contributed by atoms with E-state index in [1.807, 2.05) is 12.3 Å². The summed E-state index contributed by atoms with van der Waals surface area (Å²) in [5.41, 5.74) is 2.39. The molecule has 2 rings (SSSR count). The van der Waals surface area contributed by atoms with Gasteiger partial charge in [0.2, 0.25) is 0 Å². The van der Waals surface area contributed by atoms with Gasteiger partial charge in [0.15, 0.2) is 0 Å². The SMILES string of the molecule is CC(C)NCCCNCc1ccnc2ccccc12. The maximum atomic E-state index is 4.38. The van der Waals surface area contributed by atoms with Gasteiger partial charge in [-0.2, -0.15) is 0 Å². The molecule has 0 radical (unpaired) electrons. The molecule has 2 aromatic rings. The van der Waals surface area contributed by atoms with Crippen LogP contribution in [0.25, 0.3) is 10.9 Å². The van der Waals surface area contributed by atoms with Crippen LogP contribution in [0.2, 0.25) is 0 Å². The standard InChI is InChI=1S/C16H23N3/c1-13(2)18-10-5-9-17-12-14-8-11-19-16-7-4-3-6-15(14)16/h3-4,6-8,11,13,17-18H,5,9-10,12H2,1-2H3. The molecule has 1 aromatic heterocycles. The molecule has 0 aliphatic carbocycles. The van der Waals surface area contributed by atoms with Crippen LogP contribution in [0.5, 0.6) is 0 Å². The number of rotatable bonds is 7. The number of nitrogens with one attached hydrogen (secondary N) is 2. The molecule has 0 saturated heterocycles. The number of pyridine rings is 1. The molecule has 102 valence electrons. The second kappa shape index (κ2) is 7.22. The highest BCUT2D eigenvalue weighted by Gasteiger charge is 2.00. The molecular formula is C16H23N3. The molecule has 0 aliphatic heterocycles. The molecule has 0 spiro atoms. The highest BCUT2D eigenvalue weighted by Crippen LogP contribution is 2.15. The first-order chi connectivity index (χ1) is 9.27. The lowest BCUT2D eigenvalue weighted by atomic mass is 10.1. The van der Waals surface area contributed by atoms with Crippen molar-refractivity contribution in [1.82, 2.24) is 15.6 Å². The number of aromatic nitrogens is 1. The smallest absolute Gasteiger partial charge is 0.0705 e. The van der Waals surface area contributed by atoms with Crippen molar-refractivity contribution in [2.45, 2.75) is 32.9 Å². The Morgan fingerprint density at radius 3 is 2.79 bits per heavy atom. The summed E-state index contributed by atoms with van der Waals surface area (Å²) in [4.78, 5) is 4.38. The predicted octanol–water partition coefficient (Wildman–Crippen LogP) is 2.71. The van der Waals surface area contributed by atoms with Crippen LogP contribution in [0.15, 0.2) is 36.5 Å². The third-order valence-corrected chi connectivity index (χ3v) is 3.14. The molecule has 0 saturated carbocycles. The Kier molecular flexibility index (Phi) is 5.31. The summed E-state index contributed by atoms with van der Waals surface area (Å²) in [7, 11) is 0. The topological polar surface area (TPSA) is 37.0 Å². The van der Waals surface area contributed by atoms with Crippen LogP contribution >= 0.6 is 0 Å². The number of fused-ring (bicyclic) bond motifs is 1. The zero-order chi connectivity index (χ0) is 13.5. The average Bonchev–Trinajstić information content (AvgIpc) is 2.42. The number of hydrogen-bond acceptors (Lipinski definition) is 3. The second-order valence-electron chi connectivity index (χ2n) is 5.13. The van der Waals surface area contributed by atoms with Crippen LogP contribution in [0, 0.1) is 0 Å². The number of nitrogens with zero attached hydrogens (tertiary/aromatic N) is 1. The van der Waals surface area contributed by atoms with Crippen LogP contribution in [0.1, 0.15) is 25.8 Å². The van der Waals surface area contributed by atoms with Gasteiger partial charge in [-0.05, 0) is 37.2 Å². The first-order valence-electron chi connectivity index (χ1n) is 7.04. The Morgan fingerprint density at radius 2 is 1.95 bits per heavy atom. The molecule has 0 amide bonds. The van der Waals surface area contributed by atoms with Gasteiger partial charge in [0.25, 0.3) is 0 Å².